The van der Waals surface area contributed by atoms with Gasteiger partial charge in [0.15, 0.2) is 5.65 Å². The van der Waals surface area contributed by atoms with E-state index in [1.807, 2.05) is 44.2 Å². The Labute approximate surface area is 169 Å². The number of aromatic nitrogens is 3. The number of para-hydroxylation sites is 1. The van der Waals surface area contributed by atoms with Crippen LogP contribution in [0, 0.1) is 12.8 Å². The Morgan fingerprint density at radius 2 is 2.03 bits per heavy atom. The number of aryl methyl sites for hydroxylation is 1. The van der Waals surface area contributed by atoms with Crippen molar-refractivity contribution in [1.29, 1.82) is 0 Å². The first kappa shape index (κ1) is 19.6. The van der Waals surface area contributed by atoms with Gasteiger partial charge in [0, 0.05) is 32.1 Å². The maximum atomic E-state index is 12.9. The Hall–Kier alpha value is -2.71. The van der Waals surface area contributed by atoms with E-state index in [0.29, 0.717) is 25.3 Å². The van der Waals surface area contributed by atoms with Crippen LogP contribution in [0.25, 0.3) is 16.6 Å². The quantitative estimate of drug-likeness (QED) is 0.672. The van der Waals surface area contributed by atoms with E-state index in [2.05, 4.69) is 15.3 Å². The molecule has 4 rings (SSSR count). The normalized spacial score (nSPS) is 16.3. The lowest BCUT2D eigenvalue weighted by Gasteiger charge is -2.28. The molecule has 3 heterocycles. The molecule has 1 aliphatic rings. The molecule has 1 atom stereocenters. The number of hydrogen-bond acceptors (Lipinski definition) is 5. The fourth-order valence-electron chi connectivity index (χ4n) is 3.85. The number of hydrogen-bond donors (Lipinski definition) is 1. The van der Waals surface area contributed by atoms with Gasteiger partial charge in [0.25, 0.3) is 0 Å². The monoisotopic (exact) mass is 397 g/mol. The molecule has 1 aliphatic heterocycles. The highest BCUT2D eigenvalue weighted by Gasteiger charge is 2.19. The zero-order chi connectivity index (χ0) is 20.4. The SMILES string of the molecule is Cc1cc2ccccc2n2c(=O)n(CCNC(=O)[C@@H](C)CN3CCOCC3)nc12. The molecule has 29 heavy (non-hydrogen) atoms. The second kappa shape index (κ2) is 8.34. The first-order valence-corrected chi connectivity index (χ1v) is 10.1. The lowest BCUT2D eigenvalue weighted by Crippen LogP contribution is -2.43. The summed E-state index contributed by atoms with van der Waals surface area (Å²) in [5, 5.41) is 8.43. The predicted octanol–water partition coefficient (Wildman–Crippen LogP) is 1.04. The molecule has 0 spiro atoms. The molecule has 1 amide bonds. The minimum Gasteiger partial charge on any atom is -0.379 e. The molecule has 3 aromatic rings. The Morgan fingerprint density at radius 1 is 1.28 bits per heavy atom. The molecule has 0 aliphatic carbocycles. The van der Waals surface area contributed by atoms with Gasteiger partial charge in [-0.25, -0.2) is 13.9 Å². The molecule has 154 valence electrons. The first-order chi connectivity index (χ1) is 14.0. The molecule has 1 saturated heterocycles. The zero-order valence-electron chi connectivity index (χ0n) is 16.9. The van der Waals surface area contributed by atoms with Gasteiger partial charge in [0.1, 0.15) is 0 Å². The average Bonchev–Trinajstić information content (AvgIpc) is 3.06. The molecule has 1 fully saturated rings. The van der Waals surface area contributed by atoms with Crippen molar-refractivity contribution in [2.75, 3.05) is 39.4 Å². The molecule has 1 N–H and O–H groups in total. The van der Waals surface area contributed by atoms with Crippen LogP contribution in [0.5, 0.6) is 0 Å². The van der Waals surface area contributed by atoms with Crippen LogP contribution in [0.4, 0.5) is 0 Å². The Bertz CT molecular complexity index is 1080. The Kier molecular flexibility index (Phi) is 5.64. The fourth-order valence-corrected chi connectivity index (χ4v) is 3.85. The van der Waals surface area contributed by atoms with Gasteiger partial charge < -0.3 is 10.1 Å². The first-order valence-electron chi connectivity index (χ1n) is 10.1. The van der Waals surface area contributed by atoms with Crippen molar-refractivity contribution in [3.8, 4) is 0 Å². The van der Waals surface area contributed by atoms with Crippen molar-refractivity contribution in [2.45, 2.75) is 20.4 Å². The van der Waals surface area contributed by atoms with Gasteiger partial charge >= 0.3 is 5.69 Å². The molecule has 8 heteroatoms. The third-order valence-corrected chi connectivity index (χ3v) is 5.45. The van der Waals surface area contributed by atoms with E-state index < -0.39 is 0 Å². The number of carbonyl (C=O) groups excluding carboxylic acids is 1. The lowest BCUT2D eigenvalue weighted by atomic mass is 10.1. The van der Waals surface area contributed by atoms with Crippen LogP contribution in [0.1, 0.15) is 12.5 Å². The number of pyridine rings is 1. The third-order valence-electron chi connectivity index (χ3n) is 5.45. The second-order valence-corrected chi connectivity index (χ2v) is 7.66. The van der Waals surface area contributed by atoms with Gasteiger partial charge in [0.2, 0.25) is 5.91 Å². The van der Waals surface area contributed by atoms with Gasteiger partial charge in [-0.3, -0.25) is 9.69 Å². The standard InChI is InChI=1S/C21H27N5O3/c1-15-13-17-5-3-4-6-18(17)26-19(15)23-25(21(26)28)8-7-22-20(27)16(2)14-24-9-11-29-12-10-24/h3-6,13,16H,7-12,14H2,1-2H3,(H,22,27)/t16-/m0/s1. The van der Waals surface area contributed by atoms with E-state index in [4.69, 9.17) is 4.74 Å². The van der Waals surface area contributed by atoms with Gasteiger partial charge in [0.05, 0.1) is 25.3 Å². The predicted molar refractivity (Wildman–Crippen MR) is 111 cm³/mol. The van der Waals surface area contributed by atoms with Crippen molar-refractivity contribution in [3.05, 3.63) is 46.4 Å². The number of morpholine rings is 1. The van der Waals surface area contributed by atoms with Crippen LogP contribution < -0.4 is 11.0 Å². The summed E-state index contributed by atoms with van der Waals surface area (Å²) in [7, 11) is 0. The highest BCUT2D eigenvalue weighted by Crippen LogP contribution is 2.17. The van der Waals surface area contributed by atoms with Gasteiger partial charge in [-0.2, -0.15) is 0 Å². The molecule has 1 aromatic carbocycles. The van der Waals surface area contributed by atoms with Gasteiger partial charge in [-0.15, -0.1) is 5.10 Å². The maximum absolute atomic E-state index is 12.9. The highest BCUT2D eigenvalue weighted by molar-refractivity contribution is 5.83. The van der Waals surface area contributed by atoms with Gasteiger partial charge in [-0.1, -0.05) is 25.1 Å². The summed E-state index contributed by atoms with van der Waals surface area (Å²) in [4.78, 5) is 27.6. The van der Waals surface area contributed by atoms with E-state index in [0.717, 1.165) is 42.8 Å². The van der Waals surface area contributed by atoms with Crippen LogP contribution in [-0.2, 0) is 16.1 Å². The van der Waals surface area contributed by atoms with Crippen molar-refractivity contribution < 1.29 is 9.53 Å². The number of rotatable bonds is 6. The fraction of sp³-hybridized carbons (Fsp3) is 0.476. The summed E-state index contributed by atoms with van der Waals surface area (Å²) in [6.07, 6.45) is 0. The van der Waals surface area contributed by atoms with E-state index in [1.54, 1.807) is 4.40 Å². The minimum absolute atomic E-state index is 0.00469. The average molecular weight is 397 g/mol. The Morgan fingerprint density at radius 3 is 2.83 bits per heavy atom. The lowest BCUT2D eigenvalue weighted by molar-refractivity contribution is -0.125. The van der Waals surface area contributed by atoms with Crippen LogP contribution >= 0.6 is 0 Å². The van der Waals surface area contributed by atoms with E-state index in [1.165, 1.54) is 4.68 Å². The van der Waals surface area contributed by atoms with E-state index in [-0.39, 0.29) is 17.5 Å². The number of fused-ring (bicyclic) bond motifs is 3. The Balaban J connectivity index is 1.43. The number of carbonyl (C=O) groups is 1. The second-order valence-electron chi connectivity index (χ2n) is 7.66. The number of ether oxygens (including phenoxy) is 1. The summed E-state index contributed by atoms with van der Waals surface area (Å²) in [5.41, 5.74) is 2.26. The summed E-state index contributed by atoms with van der Waals surface area (Å²) in [5.74, 6) is -0.119. The van der Waals surface area contributed by atoms with Crippen LogP contribution in [0.15, 0.2) is 35.1 Å². The van der Waals surface area contributed by atoms with Crippen molar-refractivity contribution >= 4 is 22.5 Å². The van der Waals surface area contributed by atoms with Crippen LogP contribution in [0.2, 0.25) is 0 Å². The third kappa shape index (κ3) is 4.04. The number of nitrogens with zero attached hydrogens (tertiary/aromatic N) is 4. The zero-order valence-corrected chi connectivity index (χ0v) is 16.9. The smallest absolute Gasteiger partial charge is 0.350 e. The number of nitrogens with one attached hydrogen (secondary N) is 1. The molecule has 2 aromatic heterocycles. The van der Waals surface area contributed by atoms with Crippen molar-refractivity contribution in [1.82, 2.24) is 24.4 Å². The molecule has 0 unspecified atom stereocenters. The van der Waals surface area contributed by atoms with Crippen LogP contribution in [-0.4, -0.2) is 64.4 Å². The molecular weight excluding hydrogens is 370 g/mol. The summed E-state index contributed by atoms with van der Waals surface area (Å²) < 4.78 is 8.42. The van der Waals surface area contributed by atoms with Crippen molar-refractivity contribution in [2.24, 2.45) is 5.92 Å². The molecule has 0 bridgehead atoms. The number of benzene rings is 1. The van der Waals surface area contributed by atoms with Crippen molar-refractivity contribution in [3.63, 3.8) is 0 Å². The largest absolute Gasteiger partial charge is 0.379 e. The van der Waals surface area contributed by atoms with Crippen LogP contribution in [0.3, 0.4) is 0 Å². The minimum atomic E-state index is -0.185. The molecule has 8 nitrogen and oxygen atoms in total. The molecule has 0 radical (unpaired) electrons. The molecular formula is C21H27N5O3. The summed E-state index contributed by atoms with van der Waals surface area (Å²) in [6.45, 7) is 8.47. The summed E-state index contributed by atoms with van der Waals surface area (Å²) in [6, 6.07) is 9.82. The summed E-state index contributed by atoms with van der Waals surface area (Å²) >= 11 is 0. The molecule has 0 saturated carbocycles. The maximum Gasteiger partial charge on any atom is 0.350 e. The topological polar surface area (TPSA) is 80.9 Å². The van der Waals surface area contributed by atoms with Gasteiger partial charge in [-0.05, 0) is 30.0 Å². The highest BCUT2D eigenvalue weighted by atomic mass is 16.5. The van der Waals surface area contributed by atoms with E-state index >= 15 is 0 Å². The number of amides is 1. The van der Waals surface area contributed by atoms with E-state index in [9.17, 15) is 9.59 Å².